The molecule has 4 nitrogen and oxygen atoms in total. The van der Waals surface area contributed by atoms with Crippen LogP contribution in [-0.2, 0) is 0 Å². The van der Waals surface area contributed by atoms with E-state index in [-0.39, 0.29) is 0 Å². The van der Waals surface area contributed by atoms with Crippen molar-refractivity contribution in [1.29, 1.82) is 0 Å². The smallest absolute Gasteiger partial charge is 0.143 e. The standard InChI is InChI=1S/C52H32N2O2/c1-3-10-49-43(8-1)45-26-20-36-18-24-41(30-47(36)51(45)55-49)54(42-25-19-37-21-27-46-44-9-2-4-11-50(44)56-52(46)48(37)31-42)39-22-16-34(17-23-39)33-12-14-35(15-13-33)38-29-40-7-5-6-28-53(40)32-38/h1-32H. The Morgan fingerprint density at radius 3 is 1.41 bits per heavy atom. The van der Waals surface area contributed by atoms with Gasteiger partial charge in [0.1, 0.15) is 22.3 Å². The molecule has 56 heavy (non-hydrogen) atoms. The van der Waals surface area contributed by atoms with Crippen LogP contribution in [0.5, 0.6) is 0 Å². The highest BCUT2D eigenvalue weighted by Crippen LogP contribution is 2.43. The van der Waals surface area contributed by atoms with Crippen LogP contribution in [0, 0.1) is 0 Å². The lowest BCUT2D eigenvalue weighted by Gasteiger charge is -2.26. The Kier molecular flexibility index (Phi) is 6.60. The summed E-state index contributed by atoms with van der Waals surface area (Å²) in [5.74, 6) is 0. The molecule has 0 bridgehead atoms. The van der Waals surface area contributed by atoms with E-state index in [2.05, 4.69) is 179 Å². The molecule has 0 aliphatic heterocycles. The second-order valence-electron chi connectivity index (χ2n) is 14.6. The van der Waals surface area contributed by atoms with Crippen molar-refractivity contribution in [3.8, 4) is 22.3 Å². The van der Waals surface area contributed by atoms with Crippen molar-refractivity contribution in [2.75, 3.05) is 4.90 Å². The number of aromatic nitrogens is 1. The number of nitrogens with zero attached hydrogens (tertiary/aromatic N) is 2. The quantitative estimate of drug-likeness (QED) is 0.178. The van der Waals surface area contributed by atoms with Crippen LogP contribution in [0.3, 0.4) is 0 Å². The van der Waals surface area contributed by atoms with Crippen LogP contribution in [0.1, 0.15) is 0 Å². The summed E-state index contributed by atoms with van der Waals surface area (Å²) in [6.45, 7) is 0. The summed E-state index contributed by atoms with van der Waals surface area (Å²) in [7, 11) is 0. The molecule has 0 spiro atoms. The average molecular weight is 717 g/mol. The fourth-order valence-electron chi connectivity index (χ4n) is 8.58. The van der Waals surface area contributed by atoms with E-state index in [4.69, 9.17) is 8.83 Å². The van der Waals surface area contributed by atoms with Crippen LogP contribution >= 0.6 is 0 Å². The normalized spacial score (nSPS) is 11.9. The minimum absolute atomic E-state index is 0.896. The number of anilines is 3. The minimum atomic E-state index is 0.896. The zero-order valence-electron chi connectivity index (χ0n) is 30.2. The number of hydrogen-bond donors (Lipinski definition) is 0. The SMILES string of the molecule is c1ccc2c(c1)oc1c3cc(N(c4ccc(-c5ccc(-c6cc7ccccn7c6)cc5)cc4)c4ccc5ccc6c7ccccc7oc6c5c4)ccc3ccc21. The molecule has 0 atom stereocenters. The van der Waals surface area contributed by atoms with Gasteiger partial charge < -0.3 is 18.1 Å². The van der Waals surface area contributed by atoms with Gasteiger partial charge in [0.2, 0.25) is 0 Å². The molecule has 4 heterocycles. The third-order valence-corrected chi connectivity index (χ3v) is 11.4. The second kappa shape index (κ2) is 12.0. The highest BCUT2D eigenvalue weighted by Gasteiger charge is 2.18. The van der Waals surface area contributed by atoms with Crippen LogP contribution in [0.25, 0.3) is 93.2 Å². The van der Waals surface area contributed by atoms with Gasteiger partial charge in [0, 0.05) is 72.9 Å². The average Bonchev–Trinajstić information content (AvgIpc) is 3.98. The lowest BCUT2D eigenvalue weighted by atomic mass is 10.0. The van der Waals surface area contributed by atoms with Gasteiger partial charge >= 0.3 is 0 Å². The number of rotatable bonds is 5. The summed E-state index contributed by atoms with van der Waals surface area (Å²) in [6, 6.07) is 64.9. The van der Waals surface area contributed by atoms with Gasteiger partial charge in [-0.1, -0.05) is 103 Å². The molecule has 0 radical (unpaired) electrons. The maximum Gasteiger partial charge on any atom is 0.143 e. The van der Waals surface area contributed by atoms with E-state index >= 15 is 0 Å². The van der Waals surface area contributed by atoms with E-state index in [9.17, 15) is 0 Å². The third kappa shape index (κ3) is 4.79. The Hall–Kier alpha value is -7.56. The molecule has 4 aromatic heterocycles. The number of furan rings is 2. The van der Waals surface area contributed by atoms with E-state index < -0.39 is 0 Å². The first-order valence-corrected chi connectivity index (χ1v) is 19.0. The Labute approximate surface area is 321 Å². The molecular weight excluding hydrogens is 685 g/mol. The van der Waals surface area contributed by atoms with Gasteiger partial charge in [-0.15, -0.1) is 0 Å². The fraction of sp³-hybridized carbons (Fsp3) is 0. The highest BCUT2D eigenvalue weighted by atomic mass is 16.3. The monoisotopic (exact) mass is 716 g/mol. The zero-order chi connectivity index (χ0) is 36.7. The van der Waals surface area contributed by atoms with Crippen LogP contribution < -0.4 is 4.90 Å². The van der Waals surface area contributed by atoms with Gasteiger partial charge in [0.15, 0.2) is 0 Å². The van der Waals surface area contributed by atoms with Gasteiger partial charge in [-0.2, -0.15) is 0 Å². The number of hydrogen-bond acceptors (Lipinski definition) is 3. The van der Waals surface area contributed by atoms with E-state index in [0.717, 1.165) is 88.0 Å². The largest absolute Gasteiger partial charge is 0.455 e. The first-order chi connectivity index (χ1) is 27.7. The van der Waals surface area contributed by atoms with Gasteiger partial charge in [0.25, 0.3) is 0 Å². The molecule has 0 unspecified atom stereocenters. The maximum absolute atomic E-state index is 6.53. The molecular formula is C52H32N2O2. The maximum atomic E-state index is 6.53. The molecule has 8 aromatic carbocycles. The first-order valence-electron chi connectivity index (χ1n) is 19.0. The van der Waals surface area contributed by atoms with Gasteiger partial charge in [0.05, 0.1) is 0 Å². The molecule has 262 valence electrons. The summed E-state index contributed by atoms with van der Waals surface area (Å²) in [5.41, 5.74) is 12.7. The van der Waals surface area contributed by atoms with Crippen LogP contribution in [0.4, 0.5) is 17.1 Å². The topological polar surface area (TPSA) is 33.9 Å². The van der Waals surface area contributed by atoms with Gasteiger partial charge in [-0.05, 0) is 106 Å². The highest BCUT2D eigenvalue weighted by molar-refractivity contribution is 6.17. The molecule has 0 saturated heterocycles. The van der Waals surface area contributed by atoms with Crippen LogP contribution in [0.2, 0.25) is 0 Å². The van der Waals surface area contributed by atoms with E-state index in [1.165, 1.54) is 22.2 Å². The predicted molar refractivity (Wildman–Crippen MR) is 233 cm³/mol. The molecule has 0 fully saturated rings. The van der Waals surface area contributed by atoms with Crippen molar-refractivity contribution in [3.05, 3.63) is 194 Å². The predicted octanol–water partition coefficient (Wildman–Crippen LogP) is 14.8. The van der Waals surface area contributed by atoms with Gasteiger partial charge in [-0.25, -0.2) is 0 Å². The number of para-hydroxylation sites is 2. The van der Waals surface area contributed by atoms with E-state index in [1.807, 2.05) is 24.3 Å². The first kappa shape index (κ1) is 30.9. The van der Waals surface area contributed by atoms with Crippen LogP contribution in [0.15, 0.2) is 203 Å². The Morgan fingerprint density at radius 2 is 0.839 bits per heavy atom. The van der Waals surface area contributed by atoms with Crippen molar-refractivity contribution in [2.45, 2.75) is 0 Å². The Bertz CT molecular complexity index is 3290. The lowest BCUT2D eigenvalue weighted by molar-refractivity contribution is 0.672. The fourth-order valence-corrected chi connectivity index (χ4v) is 8.58. The van der Waals surface area contributed by atoms with Crippen molar-refractivity contribution in [3.63, 3.8) is 0 Å². The molecule has 0 N–H and O–H groups in total. The molecule has 4 heteroatoms. The Balaban J connectivity index is 0.999. The lowest BCUT2D eigenvalue weighted by Crippen LogP contribution is -2.10. The van der Waals surface area contributed by atoms with Crippen molar-refractivity contribution >= 4 is 88.0 Å². The second-order valence-corrected chi connectivity index (χ2v) is 14.6. The molecule has 12 rings (SSSR count). The number of pyridine rings is 1. The summed E-state index contributed by atoms with van der Waals surface area (Å²) < 4.78 is 15.2. The molecule has 0 saturated carbocycles. The molecule has 0 aliphatic carbocycles. The van der Waals surface area contributed by atoms with Gasteiger partial charge in [-0.3, -0.25) is 0 Å². The molecule has 0 aliphatic rings. The summed E-state index contributed by atoms with van der Waals surface area (Å²) in [6.07, 6.45) is 4.28. The van der Waals surface area contributed by atoms with E-state index in [1.54, 1.807) is 0 Å². The van der Waals surface area contributed by atoms with E-state index in [0.29, 0.717) is 0 Å². The van der Waals surface area contributed by atoms with Crippen molar-refractivity contribution in [1.82, 2.24) is 4.40 Å². The Morgan fingerprint density at radius 1 is 0.357 bits per heavy atom. The minimum Gasteiger partial charge on any atom is -0.455 e. The molecule has 0 amide bonds. The third-order valence-electron chi connectivity index (χ3n) is 11.4. The zero-order valence-corrected chi connectivity index (χ0v) is 30.2. The van der Waals surface area contributed by atoms with Crippen LogP contribution in [-0.4, -0.2) is 4.40 Å². The summed E-state index contributed by atoms with van der Waals surface area (Å²) in [5, 5.41) is 8.92. The molecule has 12 aromatic rings. The summed E-state index contributed by atoms with van der Waals surface area (Å²) >= 11 is 0. The number of fused-ring (bicyclic) bond motifs is 11. The van der Waals surface area contributed by atoms with Crippen molar-refractivity contribution in [2.24, 2.45) is 0 Å². The summed E-state index contributed by atoms with van der Waals surface area (Å²) in [4.78, 5) is 2.34. The van der Waals surface area contributed by atoms with Crippen molar-refractivity contribution < 1.29 is 8.83 Å². The number of benzene rings is 8.